The van der Waals surface area contributed by atoms with E-state index in [0.717, 1.165) is 54.6 Å². The minimum Gasteiger partial charge on any atom is -0.504 e. The fourth-order valence-corrected chi connectivity index (χ4v) is 9.95. The van der Waals surface area contributed by atoms with Gasteiger partial charge in [-0.05, 0) is 29.8 Å². The van der Waals surface area contributed by atoms with Crippen molar-refractivity contribution in [1.82, 2.24) is 14.0 Å². The quantitative estimate of drug-likeness (QED) is 0.476. The summed E-state index contributed by atoms with van der Waals surface area (Å²) in [4.78, 5) is 12.8. The largest absolute Gasteiger partial charge is 0.504 e. The van der Waals surface area contributed by atoms with Crippen LogP contribution in [-0.2, 0) is 0 Å². The highest BCUT2D eigenvalue weighted by Gasteiger charge is 2.40. The van der Waals surface area contributed by atoms with Crippen LogP contribution in [0.4, 0.5) is 0 Å². The molecule has 162 valence electrons. The molecule has 1 aliphatic rings. The molecule has 1 N–H and O–H groups in total. The first-order chi connectivity index (χ1) is 13.9. The third-order valence-electron chi connectivity index (χ3n) is 5.70. The van der Waals surface area contributed by atoms with Crippen molar-refractivity contribution in [2.24, 2.45) is 0 Å². The Bertz CT molecular complexity index is 787. The molecule has 0 fully saturated rings. The molecule has 0 radical (unpaired) electrons. The van der Waals surface area contributed by atoms with Crippen LogP contribution >= 0.6 is 23.3 Å². The van der Waals surface area contributed by atoms with Crippen molar-refractivity contribution in [3.05, 3.63) is 45.6 Å². The molecule has 0 amide bonds. The van der Waals surface area contributed by atoms with Crippen molar-refractivity contribution in [2.45, 2.75) is 41.5 Å². The Morgan fingerprint density at radius 1 is 0.828 bits per heavy atom. The second kappa shape index (κ2) is 10.4. The number of allylic oxidation sites excluding steroid dienone is 2. The lowest BCUT2D eigenvalue weighted by molar-refractivity contribution is 0.0976. The van der Waals surface area contributed by atoms with Crippen LogP contribution in [0.1, 0.15) is 57.5 Å². The second-order valence-corrected chi connectivity index (χ2v) is 11.2. The minimum atomic E-state index is -2.21. The number of benzene rings is 1. The molecule has 0 saturated heterocycles. The maximum atomic E-state index is 12.8. The van der Waals surface area contributed by atoms with Gasteiger partial charge < -0.3 is 5.11 Å². The molecular weight excluding hydrogens is 449 g/mol. The number of nitrogens with zero attached hydrogens (tertiary/aromatic N) is 3. The lowest BCUT2D eigenvalue weighted by Crippen LogP contribution is -2.44. The maximum absolute atomic E-state index is 12.8. The monoisotopic (exact) mass is 483 g/mol. The number of rotatable bonds is 9. The summed E-state index contributed by atoms with van der Waals surface area (Å²) in [7, 11) is -2.21. The van der Waals surface area contributed by atoms with Gasteiger partial charge in [0, 0.05) is 54.6 Å². The molecule has 1 aromatic rings. The summed E-state index contributed by atoms with van der Waals surface area (Å²) in [5, 5.41) is 11.7. The molecule has 5 nitrogen and oxygen atoms in total. The number of ketones is 1. The Hall–Kier alpha value is -0.910. The number of carbonyl (C=O) groups is 1. The van der Waals surface area contributed by atoms with Crippen LogP contribution in [0, 0.1) is 0 Å². The normalized spacial score (nSPS) is 14.8. The lowest BCUT2D eigenvalue weighted by Gasteiger charge is -2.52. The van der Waals surface area contributed by atoms with Gasteiger partial charge in [-0.15, -0.1) is 0 Å². The van der Waals surface area contributed by atoms with E-state index in [4.69, 9.17) is 0 Å². The Labute approximate surface area is 184 Å². The van der Waals surface area contributed by atoms with Gasteiger partial charge in [0.1, 0.15) is 0 Å². The van der Waals surface area contributed by atoms with E-state index in [1.807, 2.05) is 18.2 Å². The molecule has 2 rings (SSSR count). The molecule has 0 aliphatic heterocycles. The molecule has 0 spiro atoms. The zero-order valence-electron chi connectivity index (χ0n) is 18.6. The molecule has 0 bridgehead atoms. The van der Waals surface area contributed by atoms with Gasteiger partial charge in [-0.2, -0.15) is 0 Å². The summed E-state index contributed by atoms with van der Waals surface area (Å²) in [5.74, 6) is -0.460. The molecule has 0 unspecified atom stereocenters. The van der Waals surface area contributed by atoms with E-state index < -0.39 is 7.34 Å². The van der Waals surface area contributed by atoms with Crippen molar-refractivity contribution in [2.75, 3.05) is 39.3 Å². The summed E-state index contributed by atoms with van der Waals surface area (Å²) in [6, 6.07) is 5.74. The molecular formula is C22H35BrN3O2P. The fraction of sp³-hybridized carbons (Fsp3) is 0.545. The number of fused-ring (bicyclic) bond motifs is 1. The van der Waals surface area contributed by atoms with Crippen LogP contribution in [0.15, 0.2) is 34.5 Å². The summed E-state index contributed by atoms with van der Waals surface area (Å²) in [6.45, 7) is 18.6. The lowest BCUT2D eigenvalue weighted by atomic mass is 9.95. The first-order valence-corrected chi connectivity index (χ1v) is 13.1. The van der Waals surface area contributed by atoms with Crippen molar-refractivity contribution in [3.8, 4) is 0 Å². The molecule has 0 atom stereocenters. The molecule has 29 heavy (non-hydrogen) atoms. The first-order valence-electron chi connectivity index (χ1n) is 10.6. The molecule has 0 saturated carbocycles. The van der Waals surface area contributed by atoms with Gasteiger partial charge in [0.15, 0.2) is 5.76 Å². The van der Waals surface area contributed by atoms with Crippen molar-refractivity contribution in [1.29, 1.82) is 0 Å². The number of aliphatic hydroxyl groups excluding tert-OH is 1. The van der Waals surface area contributed by atoms with Crippen LogP contribution in [0.25, 0.3) is 0 Å². The predicted molar refractivity (Wildman–Crippen MR) is 129 cm³/mol. The van der Waals surface area contributed by atoms with E-state index in [0.29, 0.717) is 5.56 Å². The predicted octanol–water partition coefficient (Wildman–Crippen LogP) is 5.40. The van der Waals surface area contributed by atoms with E-state index in [1.54, 1.807) is 6.08 Å². The Morgan fingerprint density at radius 2 is 1.28 bits per heavy atom. The third kappa shape index (κ3) is 4.15. The van der Waals surface area contributed by atoms with Gasteiger partial charge in [0.05, 0.1) is 7.34 Å². The van der Waals surface area contributed by atoms with E-state index >= 15 is 0 Å². The summed E-state index contributed by atoms with van der Waals surface area (Å²) in [6.07, 6.45) is 1.75. The number of Topliss-reactive ketones (excluding diaryl/α,β-unsaturated/α-hetero) is 1. The number of halogens is 1. The van der Waals surface area contributed by atoms with Gasteiger partial charge in [-0.1, -0.05) is 57.5 Å². The molecule has 0 aromatic heterocycles. The topological polar surface area (TPSA) is 47.0 Å². The van der Waals surface area contributed by atoms with E-state index in [2.05, 4.69) is 71.5 Å². The summed E-state index contributed by atoms with van der Waals surface area (Å²) in [5.41, 5.74) is 1.51. The standard InChI is InChI=1S/C22H35BrN3O2P/c1-7-24(8-2)29(25(9-3)10-4,26(11-5)12-6)21-16-20(27)22(28)18-14-13-17(23)15-19(18)21/h13-16,27H,7-12H2,1-6H3. The molecule has 0 heterocycles. The average Bonchev–Trinajstić information content (AvgIpc) is 2.72. The Morgan fingerprint density at radius 3 is 1.69 bits per heavy atom. The van der Waals surface area contributed by atoms with Crippen LogP contribution < -0.4 is 0 Å². The fourth-order valence-electron chi connectivity index (χ4n) is 4.43. The molecule has 1 aromatic carbocycles. The maximum Gasteiger partial charge on any atom is 0.227 e. The van der Waals surface area contributed by atoms with Gasteiger partial charge >= 0.3 is 0 Å². The zero-order valence-corrected chi connectivity index (χ0v) is 21.1. The van der Waals surface area contributed by atoms with E-state index in [-0.39, 0.29) is 11.5 Å². The number of hydrogen-bond donors (Lipinski definition) is 1. The van der Waals surface area contributed by atoms with Crippen molar-refractivity contribution >= 4 is 34.3 Å². The minimum absolute atomic E-state index is 0.161. The Balaban J connectivity index is 3.16. The van der Waals surface area contributed by atoms with Crippen molar-refractivity contribution in [3.63, 3.8) is 0 Å². The van der Waals surface area contributed by atoms with Crippen LogP contribution in [0.5, 0.6) is 0 Å². The Kier molecular flexibility index (Phi) is 8.74. The average molecular weight is 484 g/mol. The van der Waals surface area contributed by atoms with Crippen LogP contribution in [-0.4, -0.2) is 69.5 Å². The summed E-state index contributed by atoms with van der Waals surface area (Å²) >= 11 is 3.60. The van der Waals surface area contributed by atoms with Gasteiger partial charge in [-0.3, -0.25) is 18.8 Å². The third-order valence-corrected chi connectivity index (χ3v) is 11.3. The van der Waals surface area contributed by atoms with Crippen LogP contribution in [0.2, 0.25) is 0 Å². The molecule has 1 aliphatic carbocycles. The highest BCUT2D eigenvalue weighted by molar-refractivity contribution is 9.10. The van der Waals surface area contributed by atoms with Gasteiger partial charge in [0.2, 0.25) is 5.78 Å². The zero-order chi connectivity index (χ0) is 21.8. The highest BCUT2D eigenvalue weighted by Crippen LogP contribution is 2.60. The number of hydrogen-bond acceptors (Lipinski definition) is 5. The number of carbonyl (C=O) groups excluding carboxylic acids is 1. The van der Waals surface area contributed by atoms with Gasteiger partial charge in [-0.25, -0.2) is 0 Å². The first kappa shape index (κ1) is 24.4. The van der Waals surface area contributed by atoms with Crippen molar-refractivity contribution < 1.29 is 9.90 Å². The SMILES string of the molecule is CCN(CC)P(=C1C=C(O)C(=O)c2ccc(Br)cc21)(N(CC)CC)N(CC)CC. The number of aliphatic hydroxyl groups is 1. The molecule has 7 heteroatoms. The van der Waals surface area contributed by atoms with E-state index in [1.165, 1.54) is 0 Å². The second-order valence-electron chi connectivity index (χ2n) is 6.92. The highest BCUT2D eigenvalue weighted by atomic mass is 79.9. The van der Waals surface area contributed by atoms with Crippen LogP contribution in [0.3, 0.4) is 0 Å². The smallest absolute Gasteiger partial charge is 0.227 e. The summed E-state index contributed by atoms with van der Waals surface area (Å²) < 4.78 is 8.58. The van der Waals surface area contributed by atoms with E-state index in [9.17, 15) is 9.90 Å². The van der Waals surface area contributed by atoms with Gasteiger partial charge in [0.25, 0.3) is 0 Å².